The fourth-order valence-electron chi connectivity index (χ4n) is 2.27. The van der Waals surface area contributed by atoms with E-state index in [1.807, 2.05) is 27.7 Å². The molecule has 0 N–H and O–H groups in total. The van der Waals surface area contributed by atoms with Gasteiger partial charge >= 0.3 is 13.1 Å². The van der Waals surface area contributed by atoms with E-state index in [1.165, 1.54) is 19.2 Å². The molecule has 0 radical (unpaired) electrons. The maximum Gasteiger partial charge on any atom is 0.494 e. The highest BCUT2D eigenvalue weighted by molar-refractivity contribution is 7.90. The second-order valence-corrected chi connectivity index (χ2v) is 8.59. The van der Waals surface area contributed by atoms with Gasteiger partial charge in [0, 0.05) is 6.26 Å². The summed E-state index contributed by atoms with van der Waals surface area (Å²) in [6, 6.07) is 4.41. The van der Waals surface area contributed by atoms with E-state index in [4.69, 9.17) is 9.31 Å². The molecular weight excluding hydrogens is 319 g/mol. The van der Waals surface area contributed by atoms with Gasteiger partial charge in [-0.25, -0.2) is 13.2 Å². The molecule has 1 aromatic rings. The number of methoxy groups -OCH3 is 1. The third kappa shape index (κ3) is 3.29. The number of hydrogen-bond donors (Lipinski definition) is 0. The number of carbonyl (C=O) groups is 1. The Balaban J connectivity index is 2.49. The van der Waals surface area contributed by atoms with Crippen molar-refractivity contribution < 1.29 is 27.3 Å². The van der Waals surface area contributed by atoms with Crippen molar-refractivity contribution in [3.8, 4) is 0 Å². The molecule has 2 rings (SSSR count). The number of hydrogen-bond acceptors (Lipinski definition) is 6. The summed E-state index contributed by atoms with van der Waals surface area (Å²) < 4.78 is 40.2. The van der Waals surface area contributed by atoms with Gasteiger partial charge in [-0.1, -0.05) is 6.07 Å². The Bertz CT molecular complexity index is 722. The summed E-state index contributed by atoms with van der Waals surface area (Å²) in [4.78, 5) is 11.9. The van der Waals surface area contributed by atoms with Crippen LogP contribution in [0.5, 0.6) is 0 Å². The molecule has 0 saturated carbocycles. The highest BCUT2D eigenvalue weighted by atomic mass is 32.2. The van der Waals surface area contributed by atoms with E-state index < -0.39 is 34.1 Å². The van der Waals surface area contributed by atoms with Crippen LogP contribution in [0.15, 0.2) is 23.1 Å². The average Bonchev–Trinajstić information content (AvgIpc) is 2.65. The van der Waals surface area contributed by atoms with Gasteiger partial charge in [0.1, 0.15) is 0 Å². The Morgan fingerprint density at radius 2 is 1.65 bits per heavy atom. The fourth-order valence-corrected chi connectivity index (χ4v) is 3.12. The van der Waals surface area contributed by atoms with Gasteiger partial charge in [-0.05, 0) is 45.3 Å². The largest absolute Gasteiger partial charge is 0.494 e. The first-order chi connectivity index (χ1) is 10.4. The topological polar surface area (TPSA) is 78.9 Å². The third-order valence-electron chi connectivity index (χ3n) is 4.33. The zero-order valence-electron chi connectivity index (χ0n) is 14.2. The van der Waals surface area contributed by atoms with Crippen molar-refractivity contribution >= 4 is 28.4 Å². The van der Waals surface area contributed by atoms with Crippen molar-refractivity contribution in [2.24, 2.45) is 0 Å². The normalized spacial score (nSPS) is 19.7. The summed E-state index contributed by atoms with van der Waals surface area (Å²) in [7, 11) is -3.04. The molecule has 0 aromatic heterocycles. The van der Waals surface area contributed by atoms with Crippen LogP contribution < -0.4 is 5.46 Å². The van der Waals surface area contributed by atoms with E-state index >= 15 is 0 Å². The minimum atomic E-state index is -3.56. The first kappa shape index (κ1) is 18.0. The maximum absolute atomic E-state index is 11.9. The Hall–Kier alpha value is -1.38. The van der Waals surface area contributed by atoms with E-state index in [0.29, 0.717) is 5.46 Å². The van der Waals surface area contributed by atoms with Crippen LogP contribution in [-0.4, -0.2) is 46.1 Å². The Morgan fingerprint density at radius 1 is 1.13 bits per heavy atom. The molecule has 0 spiro atoms. The predicted octanol–water partition coefficient (Wildman–Crippen LogP) is 1.18. The first-order valence-electron chi connectivity index (χ1n) is 7.17. The van der Waals surface area contributed by atoms with Crippen LogP contribution in [0.3, 0.4) is 0 Å². The highest BCUT2D eigenvalue weighted by Crippen LogP contribution is 2.36. The number of carbonyl (C=O) groups excluding carboxylic acids is 1. The average molecular weight is 340 g/mol. The van der Waals surface area contributed by atoms with Gasteiger partial charge in [0.25, 0.3) is 0 Å². The van der Waals surface area contributed by atoms with Crippen molar-refractivity contribution in [3.63, 3.8) is 0 Å². The Kier molecular flexibility index (Phi) is 4.38. The van der Waals surface area contributed by atoms with Crippen LogP contribution in [-0.2, 0) is 23.9 Å². The monoisotopic (exact) mass is 340 g/mol. The maximum atomic E-state index is 11.9. The van der Waals surface area contributed by atoms with Crippen LogP contribution in [0.2, 0.25) is 0 Å². The summed E-state index contributed by atoms with van der Waals surface area (Å²) in [6.45, 7) is 7.66. The van der Waals surface area contributed by atoms with Crippen molar-refractivity contribution in [3.05, 3.63) is 23.8 Å². The molecule has 1 fully saturated rings. The summed E-state index contributed by atoms with van der Waals surface area (Å²) >= 11 is 0. The van der Waals surface area contributed by atoms with Crippen LogP contribution in [0.1, 0.15) is 38.1 Å². The Morgan fingerprint density at radius 3 is 2.09 bits per heavy atom. The van der Waals surface area contributed by atoms with Crippen LogP contribution >= 0.6 is 0 Å². The zero-order chi connectivity index (χ0) is 17.6. The van der Waals surface area contributed by atoms with Gasteiger partial charge in [0.2, 0.25) is 0 Å². The standard InChI is InChI=1S/C15H21BO6S/c1-14(2)15(3,4)22-16(21-14)10-7-8-12(23(6,18)19)11(9-10)13(17)20-5/h7-9H,1-6H3. The number of ether oxygens (including phenoxy) is 1. The SMILES string of the molecule is COC(=O)c1cc(B2OC(C)(C)C(C)(C)O2)ccc1S(C)(=O)=O. The molecule has 1 aromatic carbocycles. The molecule has 6 nitrogen and oxygen atoms in total. The molecule has 126 valence electrons. The van der Waals surface area contributed by atoms with Crippen LogP contribution in [0, 0.1) is 0 Å². The van der Waals surface area contributed by atoms with Crippen molar-refractivity contribution in [2.75, 3.05) is 13.4 Å². The lowest BCUT2D eigenvalue weighted by Gasteiger charge is -2.32. The summed E-state index contributed by atoms with van der Waals surface area (Å²) in [5.74, 6) is -0.719. The number of rotatable bonds is 3. The molecule has 1 heterocycles. The fraction of sp³-hybridized carbons (Fsp3) is 0.533. The van der Waals surface area contributed by atoms with Gasteiger partial charge in [-0.3, -0.25) is 0 Å². The molecule has 8 heteroatoms. The highest BCUT2D eigenvalue weighted by Gasteiger charge is 2.51. The van der Waals surface area contributed by atoms with Crippen LogP contribution in [0.4, 0.5) is 0 Å². The van der Waals surface area contributed by atoms with Gasteiger partial charge in [0.15, 0.2) is 9.84 Å². The molecule has 0 aliphatic carbocycles. The van der Waals surface area contributed by atoms with E-state index in [9.17, 15) is 13.2 Å². The molecule has 1 aliphatic rings. The lowest BCUT2D eigenvalue weighted by atomic mass is 9.78. The summed E-state index contributed by atoms with van der Waals surface area (Å²) in [5.41, 5.74) is -0.518. The third-order valence-corrected chi connectivity index (χ3v) is 5.49. The lowest BCUT2D eigenvalue weighted by molar-refractivity contribution is 0.00578. The first-order valence-corrected chi connectivity index (χ1v) is 9.06. The molecule has 23 heavy (non-hydrogen) atoms. The number of esters is 1. The summed E-state index contributed by atoms with van der Waals surface area (Å²) in [5, 5.41) is 0. The van der Waals surface area contributed by atoms with Crippen molar-refractivity contribution in [2.45, 2.75) is 43.8 Å². The van der Waals surface area contributed by atoms with Gasteiger partial charge in [-0.2, -0.15) is 0 Å². The molecule has 1 aliphatic heterocycles. The molecule has 0 atom stereocenters. The van der Waals surface area contributed by atoms with E-state index in [1.54, 1.807) is 6.07 Å². The van der Waals surface area contributed by atoms with Gasteiger partial charge < -0.3 is 14.0 Å². The second kappa shape index (κ2) is 5.61. The molecule has 0 unspecified atom stereocenters. The van der Waals surface area contributed by atoms with Crippen LogP contribution in [0.25, 0.3) is 0 Å². The molecule has 1 saturated heterocycles. The van der Waals surface area contributed by atoms with E-state index in [0.717, 1.165) is 6.26 Å². The smallest absolute Gasteiger partial charge is 0.465 e. The quantitative estimate of drug-likeness (QED) is 0.607. The summed E-state index contributed by atoms with van der Waals surface area (Å²) in [6.07, 6.45) is 1.04. The number of benzene rings is 1. The second-order valence-electron chi connectivity index (χ2n) is 6.61. The van der Waals surface area contributed by atoms with Crippen molar-refractivity contribution in [1.29, 1.82) is 0 Å². The predicted molar refractivity (Wildman–Crippen MR) is 86.6 cm³/mol. The van der Waals surface area contributed by atoms with Gasteiger partial charge in [-0.15, -0.1) is 0 Å². The minimum absolute atomic E-state index is 0.0257. The molecule has 0 amide bonds. The Labute approximate surface area is 137 Å². The van der Waals surface area contributed by atoms with Gasteiger partial charge in [0.05, 0.1) is 28.8 Å². The zero-order valence-corrected chi connectivity index (χ0v) is 15.0. The molecular formula is C15H21BO6S. The minimum Gasteiger partial charge on any atom is -0.465 e. The van der Waals surface area contributed by atoms with Crippen molar-refractivity contribution in [1.82, 2.24) is 0 Å². The number of sulfone groups is 1. The van der Waals surface area contributed by atoms with E-state index in [-0.39, 0.29) is 10.5 Å². The lowest BCUT2D eigenvalue weighted by Crippen LogP contribution is -2.41. The van der Waals surface area contributed by atoms with E-state index in [2.05, 4.69) is 4.74 Å². The molecule has 0 bridgehead atoms.